The van der Waals surface area contributed by atoms with Gasteiger partial charge in [-0.15, -0.1) is 0 Å². The molecule has 1 saturated heterocycles. The Bertz CT molecular complexity index is 603. The number of rotatable bonds is 1. The SMILES string of the molecule is C[C@]1(C(=O)N2C[C@@H]3C[C@H]2c2ccccc2O3)CC1(F)F. The summed E-state index contributed by atoms with van der Waals surface area (Å²) in [6.45, 7) is 1.77. The molecule has 1 saturated carbocycles. The third kappa shape index (κ3) is 1.41. The molecule has 0 unspecified atom stereocenters. The van der Waals surface area contributed by atoms with Gasteiger partial charge in [-0.05, 0) is 13.0 Å². The Balaban J connectivity index is 1.68. The van der Waals surface area contributed by atoms with Crippen molar-refractivity contribution in [1.29, 1.82) is 0 Å². The summed E-state index contributed by atoms with van der Waals surface area (Å²) in [7, 11) is 0. The minimum Gasteiger partial charge on any atom is -0.488 e. The summed E-state index contributed by atoms with van der Waals surface area (Å²) in [6.07, 6.45) is 0.287. The van der Waals surface area contributed by atoms with Crippen LogP contribution in [0.4, 0.5) is 8.78 Å². The minimum absolute atomic E-state index is 0.0742. The molecule has 106 valence electrons. The van der Waals surface area contributed by atoms with E-state index in [1.165, 1.54) is 6.92 Å². The number of amides is 1. The van der Waals surface area contributed by atoms with Gasteiger partial charge in [-0.1, -0.05) is 18.2 Å². The average molecular weight is 279 g/mol. The lowest BCUT2D eigenvalue weighted by atomic mass is 9.99. The molecule has 2 fully saturated rings. The second-order valence-electron chi connectivity index (χ2n) is 6.20. The summed E-state index contributed by atoms with van der Waals surface area (Å²) in [5.74, 6) is -2.52. The van der Waals surface area contributed by atoms with E-state index >= 15 is 0 Å². The molecular weight excluding hydrogens is 264 g/mol. The fraction of sp³-hybridized carbons (Fsp3) is 0.533. The standard InChI is InChI=1S/C15H15F2NO2/c1-14(8-15(14,16)17)13(19)18-7-9-6-11(18)10-4-2-3-5-12(10)20-9/h2-5,9,11H,6-8H2,1H3/t9-,11-,14+/m0/s1. The van der Waals surface area contributed by atoms with Gasteiger partial charge in [-0.25, -0.2) is 8.78 Å². The van der Waals surface area contributed by atoms with Crippen LogP contribution in [-0.2, 0) is 4.79 Å². The number of carbonyl (C=O) groups excluding carboxylic acids is 1. The number of likely N-dealkylation sites (tertiary alicyclic amines) is 1. The quantitative estimate of drug-likeness (QED) is 0.791. The third-order valence-corrected chi connectivity index (χ3v) is 4.83. The number of hydrogen-bond acceptors (Lipinski definition) is 2. The van der Waals surface area contributed by atoms with Gasteiger partial charge in [0.05, 0.1) is 12.6 Å². The van der Waals surface area contributed by atoms with Gasteiger partial charge in [0, 0.05) is 18.4 Å². The smallest absolute Gasteiger partial charge is 0.263 e. The maximum Gasteiger partial charge on any atom is 0.263 e. The zero-order chi connectivity index (χ0) is 14.1. The third-order valence-electron chi connectivity index (χ3n) is 4.83. The zero-order valence-corrected chi connectivity index (χ0v) is 11.1. The monoisotopic (exact) mass is 279 g/mol. The van der Waals surface area contributed by atoms with Crippen LogP contribution in [0.25, 0.3) is 0 Å². The summed E-state index contributed by atoms with van der Waals surface area (Å²) >= 11 is 0. The van der Waals surface area contributed by atoms with Gasteiger partial charge in [0.1, 0.15) is 17.3 Å². The second-order valence-corrected chi connectivity index (χ2v) is 6.20. The molecule has 3 nitrogen and oxygen atoms in total. The molecule has 5 heteroatoms. The van der Waals surface area contributed by atoms with Crippen LogP contribution in [-0.4, -0.2) is 29.4 Å². The molecule has 1 aromatic rings. The molecule has 3 aliphatic rings. The highest BCUT2D eigenvalue weighted by Gasteiger charge is 2.74. The molecule has 1 amide bonds. The second kappa shape index (κ2) is 3.51. The number of carbonyl (C=O) groups is 1. The summed E-state index contributed by atoms with van der Waals surface area (Å²) in [4.78, 5) is 14.1. The van der Waals surface area contributed by atoms with Crippen LogP contribution in [0.15, 0.2) is 24.3 Å². The van der Waals surface area contributed by atoms with Crippen LogP contribution in [0.5, 0.6) is 5.75 Å². The maximum atomic E-state index is 13.4. The van der Waals surface area contributed by atoms with Gasteiger partial charge in [0.2, 0.25) is 5.91 Å². The van der Waals surface area contributed by atoms with Crippen LogP contribution >= 0.6 is 0 Å². The molecule has 4 rings (SSSR count). The molecule has 2 bridgehead atoms. The largest absolute Gasteiger partial charge is 0.488 e. The van der Waals surface area contributed by atoms with E-state index in [0.717, 1.165) is 11.3 Å². The lowest BCUT2D eigenvalue weighted by Gasteiger charge is -2.28. The molecule has 0 radical (unpaired) electrons. The van der Waals surface area contributed by atoms with Crippen molar-refractivity contribution in [3.05, 3.63) is 29.8 Å². The topological polar surface area (TPSA) is 29.5 Å². The van der Waals surface area contributed by atoms with E-state index < -0.39 is 17.2 Å². The lowest BCUT2D eigenvalue weighted by Crippen LogP contribution is -2.38. The molecule has 0 N–H and O–H groups in total. The zero-order valence-electron chi connectivity index (χ0n) is 11.1. The van der Waals surface area contributed by atoms with Crippen LogP contribution in [0.1, 0.15) is 31.4 Å². The van der Waals surface area contributed by atoms with Crippen LogP contribution in [0.2, 0.25) is 0 Å². The summed E-state index contributed by atoms with van der Waals surface area (Å²) in [5, 5.41) is 0. The molecule has 2 aliphatic heterocycles. The van der Waals surface area contributed by atoms with Crippen LogP contribution < -0.4 is 4.74 Å². The van der Waals surface area contributed by atoms with Gasteiger partial charge < -0.3 is 9.64 Å². The van der Waals surface area contributed by atoms with Crippen LogP contribution in [0, 0.1) is 5.41 Å². The number of nitrogens with zero attached hydrogens (tertiary/aromatic N) is 1. The number of para-hydroxylation sites is 1. The van der Waals surface area contributed by atoms with E-state index in [2.05, 4.69) is 0 Å². The van der Waals surface area contributed by atoms with Crippen molar-refractivity contribution in [2.75, 3.05) is 6.54 Å². The first kappa shape index (κ1) is 12.1. The molecule has 2 heterocycles. The minimum atomic E-state index is -2.86. The summed E-state index contributed by atoms with van der Waals surface area (Å²) in [5.41, 5.74) is -0.582. The number of fused-ring (bicyclic) bond motifs is 4. The van der Waals surface area contributed by atoms with E-state index in [-0.39, 0.29) is 18.6 Å². The Labute approximate surface area is 115 Å². The highest BCUT2D eigenvalue weighted by Crippen LogP contribution is 2.62. The molecular formula is C15H15F2NO2. The van der Waals surface area contributed by atoms with Crippen molar-refractivity contribution in [3.8, 4) is 5.75 Å². The van der Waals surface area contributed by atoms with Crippen molar-refractivity contribution < 1.29 is 18.3 Å². The Morgan fingerprint density at radius 2 is 2.10 bits per heavy atom. The van der Waals surface area contributed by atoms with Gasteiger partial charge in [-0.2, -0.15) is 0 Å². The molecule has 20 heavy (non-hydrogen) atoms. The fourth-order valence-corrected chi connectivity index (χ4v) is 3.39. The van der Waals surface area contributed by atoms with E-state index in [1.807, 2.05) is 24.3 Å². The van der Waals surface area contributed by atoms with E-state index in [1.54, 1.807) is 4.90 Å². The molecule has 1 aromatic carbocycles. The number of halogens is 2. The van der Waals surface area contributed by atoms with Gasteiger partial charge in [0.25, 0.3) is 5.92 Å². The summed E-state index contributed by atoms with van der Waals surface area (Å²) < 4.78 is 32.7. The van der Waals surface area contributed by atoms with Crippen molar-refractivity contribution in [2.24, 2.45) is 5.41 Å². The Hall–Kier alpha value is -1.65. The van der Waals surface area contributed by atoms with Gasteiger partial charge in [0.15, 0.2) is 0 Å². The molecule has 3 atom stereocenters. The molecule has 0 aromatic heterocycles. The van der Waals surface area contributed by atoms with Crippen molar-refractivity contribution in [1.82, 2.24) is 4.90 Å². The normalized spacial score (nSPS) is 36.2. The number of benzene rings is 1. The predicted molar refractivity (Wildman–Crippen MR) is 67.6 cm³/mol. The van der Waals surface area contributed by atoms with E-state index in [9.17, 15) is 13.6 Å². The summed E-state index contributed by atoms with van der Waals surface area (Å²) in [6, 6.07) is 7.43. The first-order valence-electron chi connectivity index (χ1n) is 6.87. The fourth-order valence-electron chi connectivity index (χ4n) is 3.39. The first-order chi connectivity index (χ1) is 9.42. The number of alkyl halides is 2. The average Bonchev–Trinajstić information content (AvgIpc) is 2.78. The maximum absolute atomic E-state index is 13.4. The number of ether oxygens (including phenoxy) is 1. The van der Waals surface area contributed by atoms with E-state index in [0.29, 0.717) is 13.0 Å². The van der Waals surface area contributed by atoms with Crippen LogP contribution in [0.3, 0.4) is 0 Å². The predicted octanol–water partition coefficient (Wildman–Crippen LogP) is 2.77. The number of hydrogen-bond donors (Lipinski definition) is 0. The van der Waals surface area contributed by atoms with Crippen molar-refractivity contribution in [3.63, 3.8) is 0 Å². The lowest BCUT2D eigenvalue weighted by molar-refractivity contribution is -0.141. The van der Waals surface area contributed by atoms with Crippen molar-refractivity contribution >= 4 is 5.91 Å². The molecule has 1 aliphatic carbocycles. The Morgan fingerprint density at radius 1 is 1.40 bits per heavy atom. The van der Waals surface area contributed by atoms with Gasteiger partial charge in [-0.3, -0.25) is 4.79 Å². The Kier molecular flexibility index (Phi) is 2.13. The molecule has 0 spiro atoms. The highest BCUT2D eigenvalue weighted by molar-refractivity contribution is 5.88. The van der Waals surface area contributed by atoms with E-state index in [4.69, 9.17) is 4.74 Å². The highest BCUT2D eigenvalue weighted by atomic mass is 19.3. The van der Waals surface area contributed by atoms with Gasteiger partial charge >= 0.3 is 0 Å². The first-order valence-corrected chi connectivity index (χ1v) is 6.87. The Morgan fingerprint density at radius 3 is 2.80 bits per heavy atom. The van der Waals surface area contributed by atoms with Crippen molar-refractivity contribution in [2.45, 2.75) is 37.8 Å².